The molecule has 0 bridgehead atoms. The number of rotatable bonds is 4. The van der Waals surface area contributed by atoms with E-state index in [0.717, 1.165) is 0 Å². The maximum absolute atomic E-state index is 12.4. The highest BCUT2D eigenvalue weighted by Crippen LogP contribution is 2.45. The average Bonchev–Trinajstić information content (AvgIpc) is 2.73. The lowest BCUT2D eigenvalue weighted by Gasteiger charge is -2.36. The minimum atomic E-state index is -1.17. The van der Waals surface area contributed by atoms with Crippen molar-refractivity contribution < 1.29 is 28.9 Å². The molecular formula is C21H20O6. The molecule has 6 heteroatoms. The zero-order valence-electron chi connectivity index (χ0n) is 15.0. The first-order valence-electron chi connectivity index (χ1n) is 8.43. The van der Waals surface area contributed by atoms with Crippen LogP contribution < -0.4 is 0 Å². The van der Waals surface area contributed by atoms with Crippen LogP contribution in [-0.2, 0) is 23.8 Å². The predicted molar refractivity (Wildman–Crippen MR) is 96.6 cm³/mol. The minimum Gasteiger partial charge on any atom is -0.511 e. The van der Waals surface area contributed by atoms with E-state index >= 15 is 0 Å². The van der Waals surface area contributed by atoms with Gasteiger partial charge in [0.1, 0.15) is 29.5 Å². The van der Waals surface area contributed by atoms with Gasteiger partial charge in [0.25, 0.3) is 0 Å². The van der Waals surface area contributed by atoms with Gasteiger partial charge in [-0.15, -0.1) is 0 Å². The number of ether oxygens (including phenoxy) is 3. The van der Waals surface area contributed by atoms with Gasteiger partial charge >= 0.3 is 11.9 Å². The largest absolute Gasteiger partial charge is 0.511 e. The van der Waals surface area contributed by atoms with Crippen LogP contribution in [0.2, 0.25) is 0 Å². The lowest BCUT2D eigenvalue weighted by Crippen LogP contribution is -2.36. The van der Waals surface area contributed by atoms with Gasteiger partial charge in [-0.1, -0.05) is 60.7 Å². The van der Waals surface area contributed by atoms with Crippen LogP contribution in [0.5, 0.6) is 0 Å². The average molecular weight is 368 g/mol. The third-order valence-electron chi connectivity index (χ3n) is 4.51. The van der Waals surface area contributed by atoms with Gasteiger partial charge < -0.3 is 19.3 Å². The summed E-state index contributed by atoms with van der Waals surface area (Å²) in [5.74, 6) is -3.04. The minimum absolute atomic E-state index is 0.105. The lowest BCUT2D eigenvalue weighted by atomic mass is 9.85. The summed E-state index contributed by atoms with van der Waals surface area (Å²) in [5, 5.41) is 10.9. The Kier molecular flexibility index (Phi) is 5.57. The molecule has 6 nitrogen and oxygen atoms in total. The van der Waals surface area contributed by atoms with Gasteiger partial charge in [-0.2, -0.15) is 0 Å². The molecule has 0 radical (unpaired) electrons. The SMILES string of the molecule is COC(=O)C1=C(O)C(C(=O)OC)C(c2ccccc2)OC1c1ccccc1. The van der Waals surface area contributed by atoms with Crippen molar-refractivity contribution >= 4 is 11.9 Å². The molecule has 2 aromatic rings. The summed E-state index contributed by atoms with van der Waals surface area (Å²) >= 11 is 0. The number of hydrogen-bond acceptors (Lipinski definition) is 6. The Balaban J connectivity index is 2.18. The highest BCUT2D eigenvalue weighted by molar-refractivity contribution is 5.92. The van der Waals surface area contributed by atoms with Gasteiger partial charge in [-0.25, -0.2) is 4.79 Å². The predicted octanol–water partition coefficient (Wildman–Crippen LogP) is 3.27. The Morgan fingerprint density at radius 2 is 1.44 bits per heavy atom. The molecule has 0 saturated carbocycles. The fourth-order valence-electron chi connectivity index (χ4n) is 3.21. The van der Waals surface area contributed by atoms with Gasteiger partial charge in [0, 0.05) is 0 Å². The summed E-state index contributed by atoms with van der Waals surface area (Å²) in [4.78, 5) is 24.8. The first kappa shape index (κ1) is 18.7. The third kappa shape index (κ3) is 3.57. The van der Waals surface area contributed by atoms with Crippen molar-refractivity contribution in [2.45, 2.75) is 12.2 Å². The maximum Gasteiger partial charge on any atom is 0.340 e. The summed E-state index contributed by atoms with van der Waals surface area (Å²) in [5.41, 5.74) is 1.24. The van der Waals surface area contributed by atoms with Crippen LogP contribution in [0, 0.1) is 5.92 Å². The molecule has 0 spiro atoms. The molecule has 1 aliphatic heterocycles. The Morgan fingerprint density at radius 1 is 0.889 bits per heavy atom. The summed E-state index contributed by atoms with van der Waals surface area (Å²) in [6.07, 6.45) is -1.71. The summed E-state index contributed by atoms with van der Waals surface area (Å²) in [6, 6.07) is 18.0. The lowest BCUT2D eigenvalue weighted by molar-refractivity contribution is -0.157. The van der Waals surface area contributed by atoms with Crippen molar-refractivity contribution in [1.29, 1.82) is 0 Å². The maximum atomic E-state index is 12.4. The van der Waals surface area contributed by atoms with E-state index in [1.807, 2.05) is 12.1 Å². The topological polar surface area (TPSA) is 82.1 Å². The summed E-state index contributed by atoms with van der Waals surface area (Å²) < 4.78 is 15.9. The smallest absolute Gasteiger partial charge is 0.340 e. The molecule has 1 heterocycles. The zero-order chi connectivity index (χ0) is 19.4. The van der Waals surface area contributed by atoms with E-state index in [9.17, 15) is 14.7 Å². The second-order valence-electron chi connectivity index (χ2n) is 6.05. The van der Waals surface area contributed by atoms with Crippen LogP contribution in [0.15, 0.2) is 72.0 Å². The number of benzene rings is 2. The number of aliphatic hydroxyl groups excluding tert-OH is 1. The molecule has 3 rings (SSSR count). The molecule has 0 amide bonds. The first-order chi connectivity index (χ1) is 13.1. The monoisotopic (exact) mass is 368 g/mol. The van der Waals surface area contributed by atoms with Crippen molar-refractivity contribution in [2.75, 3.05) is 14.2 Å². The molecule has 0 aromatic heterocycles. The van der Waals surface area contributed by atoms with Crippen LogP contribution in [0.4, 0.5) is 0 Å². The number of carbonyl (C=O) groups excluding carboxylic acids is 2. The van der Waals surface area contributed by atoms with E-state index < -0.39 is 35.8 Å². The molecule has 1 aliphatic rings. The van der Waals surface area contributed by atoms with Crippen LogP contribution in [0.3, 0.4) is 0 Å². The molecule has 0 aliphatic carbocycles. The van der Waals surface area contributed by atoms with Crippen molar-refractivity contribution in [2.24, 2.45) is 5.92 Å². The fourth-order valence-corrected chi connectivity index (χ4v) is 3.21. The highest BCUT2D eigenvalue weighted by atomic mass is 16.5. The van der Waals surface area contributed by atoms with Crippen LogP contribution in [0.25, 0.3) is 0 Å². The molecule has 27 heavy (non-hydrogen) atoms. The second kappa shape index (κ2) is 8.05. The number of aliphatic hydroxyl groups is 1. The van der Waals surface area contributed by atoms with E-state index in [1.165, 1.54) is 14.2 Å². The fraction of sp³-hybridized carbons (Fsp3) is 0.238. The van der Waals surface area contributed by atoms with Gasteiger partial charge in [0.15, 0.2) is 0 Å². The van der Waals surface area contributed by atoms with E-state index in [-0.39, 0.29) is 5.57 Å². The Labute approximate surface area is 157 Å². The van der Waals surface area contributed by atoms with Gasteiger partial charge in [0.2, 0.25) is 0 Å². The van der Waals surface area contributed by atoms with E-state index in [1.54, 1.807) is 48.5 Å². The van der Waals surface area contributed by atoms with Gasteiger partial charge in [-0.3, -0.25) is 4.79 Å². The molecule has 140 valence electrons. The number of esters is 2. The van der Waals surface area contributed by atoms with E-state index in [2.05, 4.69) is 0 Å². The van der Waals surface area contributed by atoms with Gasteiger partial charge in [-0.05, 0) is 11.1 Å². The molecule has 3 unspecified atom stereocenters. The Bertz CT molecular complexity index is 843. The van der Waals surface area contributed by atoms with Crippen LogP contribution in [0.1, 0.15) is 23.3 Å². The summed E-state index contributed by atoms with van der Waals surface area (Å²) in [7, 11) is 2.43. The standard InChI is InChI=1S/C21H20O6/c1-25-20(23)15-17(22)16(21(24)26-2)19(14-11-7-4-8-12-14)27-18(15)13-9-5-3-6-10-13/h3-12,15,18-19,22H,1-2H3. The molecule has 3 atom stereocenters. The summed E-state index contributed by atoms with van der Waals surface area (Å²) in [6.45, 7) is 0. The van der Waals surface area contributed by atoms with Crippen molar-refractivity contribution in [3.05, 3.63) is 83.1 Å². The van der Waals surface area contributed by atoms with Crippen molar-refractivity contribution in [3.8, 4) is 0 Å². The molecule has 0 fully saturated rings. The van der Waals surface area contributed by atoms with Crippen LogP contribution >= 0.6 is 0 Å². The number of methoxy groups -OCH3 is 2. The number of hydrogen-bond donors (Lipinski definition) is 1. The molecule has 1 N–H and O–H groups in total. The van der Waals surface area contributed by atoms with Gasteiger partial charge in [0.05, 0.1) is 14.2 Å². The van der Waals surface area contributed by atoms with E-state index in [0.29, 0.717) is 11.1 Å². The van der Waals surface area contributed by atoms with E-state index in [4.69, 9.17) is 14.2 Å². The molecule has 2 aromatic carbocycles. The Morgan fingerprint density at radius 3 is 1.96 bits per heavy atom. The highest BCUT2D eigenvalue weighted by Gasteiger charge is 2.46. The third-order valence-corrected chi connectivity index (χ3v) is 4.51. The van der Waals surface area contributed by atoms with Crippen molar-refractivity contribution in [3.63, 3.8) is 0 Å². The Hall–Kier alpha value is -3.12. The first-order valence-corrected chi connectivity index (χ1v) is 8.43. The van der Waals surface area contributed by atoms with Crippen LogP contribution in [-0.4, -0.2) is 31.3 Å². The molecule has 0 saturated heterocycles. The quantitative estimate of drug-likeness (QED) is 0.834. The van der Waals surface area contributed by atoms with Crippen molar-refractivity contribution in [1.82, 2.24) is 0 Å². The second-order valence-corrected chi connectivity index (χ2v) is 6.05. The number of carbonyl (C=O) groups is 2. The molecular weight excluding hydrogens is 348 g/mol. The normalized spacial score (nSPS) is 22.2. The zero-order valence-corrected chi connectivity index (χ0v) is 15.0.